The molecule has 166 valence electrons. The standard InChI is InChI=1S/C24H31N3O4/c1-16(2)15-27-23(29)20-12-8-7-11-19(20)21(26-27)24(30)31-17(3)22(28)25-14-13-18-9-5-4-6-10-18/h7-9,11-12,16-17H,4-6,10,13-15H2,1-3H3,(H,25,28)/t17-/m0/s1. The number of amides is 1. The number of carbonyl (C=O) groups is 2. The summed E-state index contributed by atoms with van der Waals surface area (Å²) in [6, 6.07) is 6.82. The fourth-order valence-electron chi connectivity index (χ4n) is 3.75. The Balaban J connectivity index is 1.70. The predicted molar refractivity (Wildman–Crippen MR) is 120 cm³/mol. The average molecular weight is 426 g/mol. The van der Waals surface area contributed by atoms with Crippen molar-refractivity contribution < 1.29 is 14.3 Å². The molecule has 1 N–H and O–H groups in total. The van der Waals surface area contributed by atoms with Gasteiger partial charge in [0.2, 0.25) is 0 Å². The lowest BCUT2D eigenvalue weighted by Gasteiger charge is -2.16. The third-order valence-corrected chi connectivity index (χ3v) is 5.38. The second-order valence-corrected chi connectivity index (χ2v) is 8.47. The molecule has 1 aliphatic rings. The van der Waals surface area contributed by atoms with Gasteiger partial charge in [0.25, 0.3) is 11.5 Å². The van der Waals surface area contributed by atoms with Gasteiger partial charge in [-0.15, -0.1) is 0 Å². The molecule has 31 heavy (non-hydrogen) atoms. The number of ether oxygens (including phenoxy) is 1. The van der Waals surface area contributed by atoms with Crippen molar-refractivity contribution in [3.63, 3.8) is 0 Å². The number of nitrogens with one attached hydrogen (secondary N) is 1. The maximum Gasteiger partial charge on any atom is 0.360 e. The predicted octanol–water partition coefficient (Wildman–Crippen LogP) is 3.60. The molecular weight excluding hydrogens is 394 g/mol. The number of nitrogens with zero attached hydrogens (tertiary/aromatic N) is 2. The van der Waals surface area contributed by atoms with Gasteiger partial charge >= 0.3 is 5.97 Å². The van der Waals surface area contributed by atoms with E-state index in [1.165, 1.54) is 23.1 Å². The maximum atomic E-state index is 12.9. The van der Waals surface area contributed by atoms with E-state index in [0.29, 0.717) is 23.9 Å². The lowest BCUT2D eigenvalue weighted by Crippen LogP contribution is -2.37. The van der Waals surface area contributed by atoms with Crippen LogP contribution in [0.4, 0.5) is 0 Å². The molecule has 1 aliphatic carbocycles. The molecule has 0 spiro atoms. The molecule has 0 unspecified atom stereocenters. The third kappa shape index (κ3) is 5.81. The van der Waals surface area contributed by atoms with Crippen LogP contribution >= 0.6 is 0 Å². The average Bonchev–Trinajstić information content (AvgIpc) is 2.76. The van der Waals surface area contributed by atoms with Gasteiger partial charge in [0.05, 0.1) is 5.39 Å². The van der Waals surface area contributed by atoms with Gasteiger partial charge < -0.3 is 10.1 Å². The van der Waals surface area contributed by atoms with E-state index in [-0.39, 0.29) is 23.1 Å². The summed E-state index contributed by atoms with van der Waals surface area (Å²) in [7, 11) is 0. The van der Waals surface area contributed by atoms with Crippen molar-refractivity contribution in [1.82, 2.24) is 15.1 Å². The molecule has 0 bridgehead atoms. The van der Waals surface area contributed by atoms with Gasteiger partial charge in [-0.05, 0) is 51.0 Å². The highest BCUT2D eigenvalue weighted by molar-refractivity contribution is 6.02. The molecule has 0 saturated carbocycles. The van der Waals surface area contributed by atoms with Gasteiger partial charge in [0.1, 0.15) is 0 Å². The largest absolute Gasteiger partial charge is 0.448 e. The van der Waals surface area contributed by atoms with E-state index in [0.717, 1.165) is 19.3 Å². The summed E-state index contributed by atoms with van der Waals surface area (Å²) >= 11 is 0. The molecule has 0 radical (unpaired) electrons. The maximum absolute atomic E-state index is 12.9. The van der Waals surface area contributed by atoms with Crippen molar-refractivity contribution in [3.8, 4) is 0 Å². The second kappa shape index (κ2) is 10.4. The molecule has 1 amide bonds. The topological polar surface area (TPSA) is 90.3 Å². The van der Waals surface area contributed by atoms with Crippen LogP contribution < -0.4 is 10.9 Å². The number of allylic oxidation sites excluding steroid dienone is 1. The highest BCUT2D eigenvalue weighted by Gasteiger charge is 2.23. The summed E-state index contributed by atoms with van der Waals surface area (Å²) in [6.07, 6.45) is 6.74. The Kier molecular flexibility index (Phi) is 7.60. The minimum absolute atomic E-state index is 0.0443. The summed E-state index contributed by atoms with van der Waals surface area (Å²) in [5.41, 5.74) is 1.17. The highest BCUT2D eigenvalue weighted by atomic mass is 16.5. The van der Waals surface area contributed by atoms with Crippen LogP contribution in [-0.2, 0) is 16.1 Å². The molecule has 1 aromatic heterocycles. The summed E-state index contributed by atoms with van der Waals surface area (Å²) < 4.78 is 6.70. The van der Waals surface area contributed by atoms with E-state index in [2.05, 4.69) is 16.5 Å². The van der Waals surface area contributed by atoms with Gasteiger partial charge in [-0.25, -0.2) is 9.48 Å². The molecule has 0 aliphatic heterocycles. The van der Waals surface area contributed by atoms with Crippen LogP contribution in [0.1, 0.15) is 63.4 Å². The molecule has 7 nitrogen and oxygen atoms in total. The first-order valence-corrected chi connectivity index (χ1v) is 11.0. The van der Waals surface area contributed by atoms with Crippen molar-refractivity contribution in [3.05, 3.63) is 52.0 Å². The molecule has 1 heterocycles. The smallest absolute Gasteiger partial charge is 0.360 e. The van der Waals surface area contributed by atoms with Crippen LogP contribution in [0.5, 0.6) is 0 Å². The van der Waals surface area contributed by atoms with Crippen molar-refractivity contribution in [2.45, 2.75) is 65.5 Å². The first-order chi connectivity index (χ1) is 14.9. The minimum atomic E-state index is -0.959. The molecule has 2 aromatic rings. The number of benzene rings is 1. The molecule has 0 saturated heterocycles. The summed E-state index contributed by atoms with van der Waals surface area (Å²) in [5.74, 6) is -0.880. The number of rotatable bonds is 8. The van der Waals surface area contributed by atoms with Gasteiger partial charge in [0, 0.05) is 18.5 Å². The van der Waals surface area contributed by atoms with Gasteiger partial charge in [-0.2, -0.15) is 5.10 Å². The van der Waals surface area contributed by atoms with Crippen molar-refractivity contribution in [1.29, 1.82) is 0 Å². The Bertz CT molecular complexity index is 1040. The van der Waals surface area contributed by atoms with E-state index in [1.54, 1.807) is 31.2 Å². The molecule has 3 rings (SSSR count). The minimum Gasteiger partial charge on any atom is -0.448 e. The summed E-state index contributed by atoms with van der Waals surface area (Å²) in [4.78, 5) is 38.0. The SMILES string of the molecule is CC(C)Cn1nc(C(=O)O[C@@H](C)C(=O)NCCC2=CCCCC2)c2ccccc2c1=O. The van der Waals surface area contributed by atoms with Gasteiger partial charge in [0.15, 0.2) is 11.8 Å². The monoisotopic (exact) mass is 425 g/mol. The number of hydrogen-bond donors (Lipinski definition) is 1. The molecule has 1 atom stereocenters. The zero-order valence-electron chi connectivity index (χ0n) is 18.5. The van der Waals surface area contributed by atoms with Crippen LogP contribution in [-0.4, -0.2) is 34.3 Å². The Hall–Kier alpha value is -2.96. The summed E-state index contributed by atoms with van der Waals surface area (Å²) in [6.45, 7) is 6.39. The number of fused-ring (bicyclic) bond motifs is 1. The van der Waals surface area contributed by atoms with Crippen LogP contribution in [0, 0.1) is 5.92 Å². The Morgan fingerprint density at radius 3 is 2.58 bits per heavy atom. The Morgan fingerprint density at radius 1 is 1.16 bits per heavy atom. The quantitative estimate of drug-likeness (QED) is 0.515. The zero-order chi connectivity index (χ0) is 22.4. The highest BCUT2D eigenvalue weighted by Crippen LogP contribution is 2.19. The molecular formula is C24H31N3O4. The van der Waals surface area contributed by atoms with Gasteiger partial charge in [-0.1, -0.05) is 43.7 Å². The zero-order valence-corrected chi connectivity index (χ0v) is 18.5. The lowest BCUT2D eigenvalue weighted by molar-refractivity contribution is -0.129. The number of carbonyl (C=O) groups excluding carboxylic acids is 2. The lowest BCUT2D eigenvalue weighted by atomic mass is 9.97. The van der Waals surface area contributed by atoms with E-state index in [9.17, 15) is 14.4 Å². The van der Waals surface area contributed by atoms with E-state index < -0.39 is 12.1 Å². The number of hydrogen-bond acceptors (Lipinski definition) is 5. The van der Waals surface area contributed by atoms with E-state index >= 15 is 0 Å². The second-order valence-electron chi connectivity index (χ2n) is 8.47. The van der Waals surface area contributed by atoms with E-state index in [1.807, 2.05) is 13.8 Å². The fraction of sp³-hybridized carbons (Fsp3) is 0.500. The van der Waals surface area contributed by atoms with Crippen LogP contribution in [0.15, 0.2) is 40.7 Å². The normalized spacial score (nSPS) is 14.9. The van der Waals surface area contributed by atoms with Crippen molar-refractivity contribution >= 4 is 22.6 Å². The third-order valence-electron chi connectivity index (χ3n) is 5.38. The summed E-state index contributed by atoms with van der Waals surface area (Å²) in [5, 5.41) is 7.94. The van der Waals surface area contributed by atoms with Crippen LogP contribution in [0.3, 0.4) is 0 Å². The Labute approximate surface area is 182 Å². The fourth-order valence-corrected chi connectivity index (χ4v) is 3.75. The first-order valence-electron chi connectivity index (χ1n) is 11.0. The van der Waals surface area contributed by atoms with Crippen molar-refractivity contribution in [2.24, 2.45) is 5.92 Å². The number of esters is 1. The molecule has 1 aromatic carbocycles. The molecule has 0 fully saturated rings. The van der Waals surface area contributed by atoms with E-state index in [4.69, 9.17) is 4.74 Å². The molecule has 7 heteroatoms. The van der Waals surface area contributed by atoms with Crippen LogP contribution in [0.2, 0.25) is 0 Å². The van der Waals surface area contributed by atoms with Gasteiger partial charge in [-0.3, -0.25) is 9.59 Å². The first kappa shape index (κ1) is 22.7. The Morgan fingerprint density at radius 2 is 1.90 bits per heavy atom. The number of aromatic nitrogens is 2. The van der Waals surface area contributed by atoms with Crippen LogP contribution in [0.25, 0.3) is 10.8 Å². The van der Waals surface area contributed by atoms with Crippen molar-refractivity contribution in [2.75, 3.05) is 6.54 Å².